The van der Waals surface area contributed by atoms with Gasteiger partial charge in [-0.15, -0.1) is 0 Å². The van der Waals surface area contributed by atoms with Crippen LogP contribution in [0.5, 0.6) is 0 Å². The van der Waals surface area contributed by atoms with Gasteiger partial charge in [0.2, 0.25) is 0 Å². The van der Waals surface area contributed by atoms with E-state index in [1.165, 1.54) is 0 Å². The fraction of sp³-hybridized carbons (Fsp3) is 0.250. The molecule has 4 rings (SSSR count). The van der Waals surface area contributed by atoms with Crippen LogP contribution < -0.4 is 5.32 Å². The Balaban J connectivity index is 1.70. The van der Waals surface area contributed by atoms with Crippen LogP contribution in [0.3, 0.4) is 0 Å². The quantitative estimate of drug-likeness (QED) is 0.596. The van der Waals surface area contributed by atoms with Gasteiger partial charge in [-0.3, -0.25) is 19.8 Å². The lowest BCUT2D eigenvalue weighted by Gasteiger charge is -2.13. The highest BCUT2D eigenvalue weighted by Crippen LogP contribution is 2.36. The van der Waals surface area contributed by atoms with E-state index in [1.54, 1.807) is 43.0 Å². The number of amides is 1. The molecule has 3 heterocycles. The first kappa shape index (κ1) is 21.2. The summed E-state index contributed by atoms with van der Waals surface area (Å²) in [5.74, 6) is 0.490. The Labute approximate surface area is 185 Å². The number of hydrogen-bond donors (Lipinski definition) is 1. The van der Waals surface area contributed by atoms with Gasteiger partial charge in [0.1, 0.15) is 5.75 Å². The van der Waals surface area contributed by atoms with E-state index < -0.39 is 11.2 Å². The van der Waals surface area contributed by atoms with Crippen molar-refractivity contribution in [1.29, 1.82) is 0 Å². The molecule has 3 aromatic rings. The van der Waals surface area contributed by atoms with Gasteiger partial charge in [0.25, 0.3) is 5.91 Å². The average molecular weight is 433 g/mol. The summed E-state index contributed by atoms with van der Waals surface area (Å²) < 4.78 is 11.5. The van der Waals surface area contributed by atoms with Crippen LogP contribution in [-0.4, -0.2) is 32.4 Å². The molecule has 0 saturated carbocycles. The number of aliphatic imine (C=N–C) groups is 1. The van der Waals surface area contributed by atoms with E-state index in [0.717, 1.165) is 35.4 Å². The zero-order valence-electron chi connectivity index (χ0n) is 17.5. The number of nitrogens with zero attached hydrogens (tertiary/aromatic N) is 3. The molecular weight excluding hydrogens is 408 g/mol. The van der Waals surface area contributed by atoms with Crippen molar-refractivity contribution >= 4 is 34.2 Å². The Bertz CT molecular complexity index is 1100. The molecule has 0 spiro atoms. The van der Waals surface area contributed by atoms with Gasteiger partial charge >= 0.3 is 0 Å². The van der Waals surface area contributed by atoms with Crippen LogP contribution in [-0.2, 0) is 16.9 Å². The van der Waals surface area contributed by atoms with E-state index in [0.29, 0.717) is 22.7 Å². The SMILES string of the molecule is CC1CCC(c2ccc(C[S+](C)[O-])cc2)=Nc2c(C(=O)Nc3cccnc3)ccnc21. The fourth-order valence-electron chi connectivity index (χ4n) is 3.68. The Morgan fingerprint density at radius 2 is 2.00 bits per heavy atom. The standard InChI is InChI=1S/C24H24N4O2S/c1-16-5-10-21(18-8-6-17(7-9-18)15-31(2)30)28-23-20(11-13-26-22(16)23)24(29)27-19-4-3-12-25-14-19/h3-4,6-9,11-14,16H,5,10,15H2,1-2H3,(H,27,29). The highest BCUT2D eigenvalue weighted by Gasteiger charge is 2.24. The summed E-state index contributed by atoms with van der Waals surface area (Å²) >= 11 is -0.878. The number of aromatic nitrogens is 2. The molecule has 0 radical (unpaired) electrons. The fourth-order valence-corrected chi connectivity index (χ4v) is 4.35. The number of nitrogens with one attached hydrogen (secondary N) is 1. The molecule has 31 heavy (non-hydrogen) atoms. The van der Waals surface area contributed by atoms with E-state index >= 15 is 0 Å². The lowest BCUT2D eigenvalue weighted by Crippen LogP contribution is -2.13. The monoisotopic (exact) mass is 432 g/mol. The Kier molecular flexibility index (Phi) is 6.44. The topological polar surface area (TPSA) is 90.3 Å². The molecular formula is C24H24N4O2S. The summed E-state index contributed by atoms with van der Waals surface area (Å²) in [5, 5.41) is 2.90. The van der Waals surface area contributed by atoms with E-state index in [9.17, 15) is 9.35 Å². The summed E-state index contributed by atoms with van der Waals surface area (Å²) in [4.78, 5) is 26.6. The molecule has 1 aliphatic rings. The molecule has 0 bridgehead atoms. The summed E-state index contributed by atoms with van der Waals surface area (Å²) in [5.41, 5.74) is 5.57. The number of anilines is 1. The van der Waals surface area contributed by atoms with Crippen molar-refractivity contribution in [1.82, 2.24) is 9.97 Å². The van der Waals surface area contributed by atoms with Gasteiger partial charge in [0, 0.05) is 29.6 Å². The molecule has 1 aromatic carbocycles. The van der Waals surface area contributed by atoms with Crippen molar-refractivity contribution < 1.29 is 9.35 Å². The van der Waals surface area contributed by atoms with Gasteiger partial charge in [-0.1, -0.05) is 42.4 Å². The lowest BCUT2D eigenvalue weighted by atomic mass is 9.96. The highest BCUT2D eigenvalue weighted by molar-refractivity contribution is 7.89. The molecule has 2 aromatic heterocycles. The minimum atomic E-state index is -0.878. The molecule has 7 heteroatoms. The van der Waals surface area contributed by atoms with Crippen molar-refractivity contribution in [3.63, 3.8) is 0 Å². The smallest absolute Gasteiger partial charge is 0.258 e. The van der Waals surface area contributed by atoms with Crippen molar-refractivity contribution in [2.45, 2.75) is 31.4 Å². The van der Waals surface area contributed by atoms with Crippen molar-refractivity contribution in [2.24, 2.45) is 4.99 Å². The number of pyridine rings is 2. The number of benzene rings is 1. The summed E-state index contributed by atoms with van der Waals surface area (Å²) in [6.45, 7) is 2.12. The van der Waals surface area contributed by atoms with E-state index in [-0.39, 0.29) is 11.8 Å². The zero-order chi connectivity index (χ0) is 21.8. The minimum absolute atomic E-state index is 0.184. The average Bonchev–Trinajstić information content (AvgIpc) is 2.93. The number of fused-ring (bicyclic) bond motifs is 1. The summed E-state index contributed by atoms with van der Waals surface area (Å²) in [6, 6.07) is 13.3. The maximum atomic E-state index is 13.0. The molecule has 6 nitrogen and oxygen atoms in total. The van der Waals surface area contributed by atoms with Crippen LogP contribution in [0.25, 0.3) is 0 Å². The van der Waals surface area contributed by atoms with Gasteiger partial charge in [0.15, 0.2) is 0 Å². The molecule has 1 amide bonds. The van der Waals surface area contributed by atoms with Crippen molar-refractivity contribution in [2.75, 3.05) is 11.6 Å². The Hall–Kier alpha value is -3.03. The van der Waals surface area contributed by atoms with Crippen LogP contribution >= 0.6 is 0 Å². The largest absolute Gasteiger partial charge is 0.616 e. The van der Waals surface area contributed by atoms with E-state index in [4.69, 9.17) is 4.99 Å². The molecule has 1 N–H and O–H groups in total. The molecule has 0 fully saturated rings. The van der Waals surface area contributed by atoms with E-state index in [1.807, 2.05) is 24.3 Å². The van der Waals surface area contributed by atoms with Gasteiger partial charge in [-0.2, -0.15) is 0 Å². The van der Waals surface area contributed by atoms with Gasteiger partial charge in [-0.25, -0.2) is 0 Å². The molecule has 0 aliphatic carbocycles. The number of carbonyl (C=O) groups excluding carboxylic acids is 1. The first-order valence-electron chi connectivity index (χ1n) is 10.2. The van der Waals surface area contributed by atoms with Crippen molar-refractivity contribution in [3.05, 3.63) is 83.4 Å². The third kappa shape index (κ3) is 5.00. The summed E-state index contributed by atoms with van der Waals surface area (Å²) in [7, 11) is 0. The predicted molar refractivity (Wildman–Crippen MR) is 124 cm³/mol. The molecule has 2 atom stereocenters. The maximum absolute atomic E-state index is 13.0. The minimum Gasteiger partial charge on any atom is -0.616 e. The molecule has 1 aliphatic heterocycles. The first-order chi connectivity index (χ1) is 15.0. The number of rotatable bonds is 5. The highest BCUT2D eigenvalue weighted by atomic mass is 32.2. The van der Waals surface area contributed by atoms with Crippen LogP contribution in [0.4, 0.5) is 11.4 Å². The van der Waals surface area contributed by atoms with Crippen LogP contribution in [0.2, 0.25) is 0 Å². The van der Waals surface area contributed by atoms with E-state index in [2.05, 4.69) is 22.2 Å². The van der Waals surface area contributed by atoms with Crippen molar-refractivity contribution in [3.8, 4) is 0 Å². The molecule has 2 unspecified atom stereocenters. The lowest BCUT2D eigenvalue weighted by molar-refractivity contribution is 0.102. The van der Waals surface area contributed by atoms with Crippen LogP contribution in [0, 0.1) is 0 Å². The second-order valence-electron chi connectivity index (χ2n) is 7.70. The van der Waals surface area contributed by atoms with Crippen LogP contribution in [0.15, 0.2) is 66.0 Å². The second-order valence-corrected chi connectivity index (χ2v) is 9.14. The third-order valence-electron chi connectivity index (χ3n) is 5.30. The number of carbonyl (C=O) groups is 1. The zero-order valence-corrected chi connectivity index (χ0v) is 18.4. The maximum Gasteiger partial charge on any atom is 0.258 e. The molecule has 0 saturated heterocycles. The number of hydrogen-bond acceptors (Lipinski definition) is 5. The summed E-state index contributed by atoms with van der Waals surface area (Å²) in [6.07, 6.45) is 8.34. The predicted octanol–water partition coefficient (Wildman–Crippen LogP) is 4.63. The third-order valence-corrected chi connectivity index (χ3v) is 6.04. The van der Waals surface area contributed by atoms with Crippen LogP contribution in [0.1, 0.15) is 52.9 Å². The molecule has 158 valence electrons. The van der Waals surface area contributed by atoms with Gasteiger partial charge < -0.3 is 9.87 Å². The van der Waals surface area contributed by atoms with Gasteiger partial charge in [-0.05, 0) is 36.6 Å². The Morgan fingerprint density at radius 1 is 1.19 bits per heavy atom. The normalized spacial score (nSPS) is 16.6. The Morgan fingerprint density at radius 3 is 2.71 bits per heavy atom. The van der Waals surface area contributed by atoms with Gasteiger partial charge in [0.05, 0.1) is 35.1 Å². The second kappa shape index (κ2) is 9.41. The first-order valence-corrected chi connectivity index (χ1v) is 11.9.